The maximum absolute atomic E-state index is 9.75. The molecule has 0 bridgehead atoms. The lowest BCUT2D eigenvalue weighted by atomic mass is 9.88. The van der Waals surface area contributed by atoms with Crippen LogP contribution in [-0.4, -0.2) is 28.4 Å². The third kappa shape index (κ3) is 4.12. The van der Waals surface area contributed by atoms with Gasteiger partial charge in [0.05, 0.1) is 20.1 Å². The smallest absolute Gasteiger partial charge is 0.418 e. The fourth-order valence-electron chi connectivity index (χ4n) is 2.87. The SMILES string of the molecule is CNC1C=Cc2cccc3ccc([NH+](C)C)c1c23.F[B-](F)(F)F. The zero-order valence-electron chi connectivity index (χ0n) is 13.2. The van der Waals surface area contributed by atoms with Gasteiger partial charge in [-0.1, -0.05) is 30.4 Å². The van der Waals surface area contributed by atoms with Crippen molar-refractivity contribution in [2.24, 2.45) is 0 Å². The fraction of sp³-hybridized carbons (Fsp3) is 0.250. The maximum Gasteiger partial charge on any atom is 0.673 e. The van der Waals surface area contributed by atoms with Gasteiger partial charge in [0.1, 0.15) is 5.69 Å². The zero-order valence-corrected chi connectivity index (χ0v) is 13.2. The number of quaternary nitrogens is 1. The molecule has 0 saturated carbocycles. The van der Waals surface area contributed by atoms with Crippen molar-refractivity contribution >= 4 is 29.8 Å². The molecular formula is C16H19BF4N2. The van der Waals surface area contributed by atoms with Crippen LogP contribution >= 0.6 is 0 Å². The van der Waals surface area contributed by atoms with Gasteiger partial charge in [0.15, 0.2) is 0 Å². The molecule has 1 atom stereocenters. The van der Waals surface area contributed by atoms with Crippen LogP contribution in [0.1, 0.15) is 17.2 Å². The summed E-state index contributed by atoms with van der Waals surface area (Å²) in [7, 11) is 0.396. The molecule has 2 aromatic carbocycles. The highest BCUT2D eigenvalue weighted by Crippen LogP contribution is 2.36. The molecule has 2 N–H and O–H groups in total. The van der Waals surface area contributed by atoms with E-state index in [2.05, 4.69) is 61.9 Å². The van der Waals surface area contributed by atoms with Gasteiger partial charge in [-0.3, -0.25) is 0 Å². The van der Waals surface area contributed by atoms with Gasteiger partial charge in [0.2, 0.25) is 0 Å². The van der Waals surface area contributed by atoms with Gasteiger partial charge in [-0.2, -0.15) is 0 Å². The first-order chi connectivity index (χ1) is 10.7. The van der Waals surface area contributed by atoms with Crippen LogP contribution in [0.3, 0.4) is 0 Å². The van der Waals surface area contributed by atoms with Crippen molar-refractivity contribution in [3.8, 4) is 0 Å². The predicted octanol–water partition coefficient (Wildman–Crippen LogP) is 3.20. The molecule has 7 heteroatoms. The van der Waals surface area contributed by atoms with Crippen LogP contribution in [0.2, 0.25) is 0 Å². The molecule has 1 unspecified atom stereocenters. The molecule has 0 aromatic heterocycles. The minimum atomic E-state index is -6.00. The van der Waals surface area contributed by atoms with Gasteiger partial charge in [0.25, 0.3) is 0 Å². The van der Waals surface area contributed by atoms with Crippen LogP contribution in [0.15, 0.2) is 36.4 Å². The van der Waals surface area contributed by atoms with E-state index < -0.39 is 7.25 Å². The summed E-state index contributed by atoms with van der Waals surface area (Å²) in [5, 5.41) is 6.13. The molecule has 23 heavy (non-hydrogen) atoms. The molecule has 0 amide bonds. The second-order valence-electron chi connectivity index (χ2n) is 5.59. The van der Waals surface area contributed by atoms with Gasteiger partial charge in [-0.15, -0.1) is 0 Å². The minimum Gasteiger partial charge on any atom is -0.418 e. The Hall–Kier alpha value is -1.86. The Labute approximate surface area is 132 Å². The van der Waals surface area contributed by atoms with E-state index in [1.54, 1.807) is 0 Å². The highest BCUT2D eigenvalue weighted by atomic mass is 19.5. The predicted molar refractivity (Wildman–Crippen MR) is 87.4 cm³/mol. The van der Waals surface area contributed by atoms with Crippen LogP contribution in [0.4, 0.5) is 23.0 Å². The quantitative estimate of drug-likeness (QED) is 0.640. The molecule has 1 aliphatic carbocycles. The number of hydrogen-bond acceptors (Lipinski definition) is 1. The molecule has 0 fully saturated rings. The topological polar surface area (TPSA) is 16.5 Å². The zero-order chi connectivity index (χ0) is 17.2. The van der Waals surface area contributed by atoms with Crippen molar-refractivity contribution in [1.82, 2.24) is 5.32 Å². The highest BCUT2D eigenvalue weighted by molar-refractivity contribution is 6.50. The third-order valence-corrected chi connectivity index (χ3v) is 3.75. The Bertz CT molecular complexity index is 720. The summed E-state index contributed by atoms with van der Waals surface area (Å²) in [6, 6.07) is 11.3. The summed E-state index contributed by atoms with van der Waals surface area (Å²) in [4.78, 5) is 1.37. The average Bonchev–Trinajstić information content (AvgIpc) is 2.46. The molecular weight excluding hydrogens is 307 g/mol. The molecule has 2 nitrogen and oxygen atoms in total. The van der Waals surface area contributed by atoms with E-state index in [4.69, 9.17) is 0 Å². The second kappa shape index (κ2) is 6.72. The molecule has 1 aliphatic rings. The molecule has 0 heterocycles. The van der Waals surface area contributed by atoms with Crippen LogP contribution in [0.25, 0.3) is 16.8 Å². The number of rotatable bonds is 2. The number of likely N-dealkylation sites (N-methyl/N-ethyl adjacent to an activating group) is 1. The van der Waals surface area contributed by atoms with E-state index >= 15 is 0 Å². The van der Waals surface area contributed by atoms with Gasteiger partial charge >= 0.3 is 7.25 Å². The summed E-state index contributed by atoms with van der Waals surface area (Å²) >= 11 is 0. The summed E-state index contributed by atoms with van der Waals surface area (Å²) < 4.78 is 39.0. The standard InChI is InChI=1S/C16H18N2.BF4/c1-17-13-9-7-11-5-4-6-12-8-10-14(18(2)3)16(13)15(11)12;2-1(3,4)5/h4-10,13,17H,1-3H3;/q;-1/p+1. The monoisotopic (exact) mass is 326 g/mol. The van der Waals surface area contributed by atoms with E-state index in [1.165, 1.54) is 32.5 Å². The Balaban J connectivity index is 0.000000338. The van der Waals surface area contributed by atoms with Crippen molar-refractivity contribution in [2.45, 2.75) is 6.04 Å². The van der Waals surface area contributed by atoms with E-state index in [9.17, 15) is 17.3 Å². The lowest BCUT2D eigenvalue weighted by Crippen LogP contribution is -3.00. The Morgan fingerprint density at radius 3 is 2.26 bits per heavy atom. The summed E-state index contributed by atoms with van der Waals surface area (Å²) in [5.74, 6) is 0. The van der Waals surface area contributed by atoms with Crippen LogP contribution in [0, 0.1) is 0 Å². The molecule has 124 valence electrons. The van der Waals surface area contributed by atoms with Crippen molar-refractivity contribution in [3.05, 3.63) is 47.5 Å². The van der Waals surface area contributed by atoms with Crippen molar-refractivity contribution < 1.29 is 22.2 Å². The number of nitrogens with one attached hydrogen (secondary N) is 2. The second-order valence-corrected chi connectivity index (χ2v) is 5.59. The van der Waals surface area contributed by atoms with Crippen molar-refractivity contribution in [1.29, 1.82) is 0 Å². The van der Waals surface area contributed by atoms with E-state index in [0.29, 0.717) is 6.04 Å². The largest absolute Gasteiger partial charge is 0.673 e. The lowest BCUT2D eigenvalue weighted by molar-refractivity contribution is -0.786. The van der Waals surface area contributed by atoms with Crippen molar-refractivity contribution in [3.63, 3.8) is 0 Å². The van der Waals surface area contributed by atoms with E-state index in [1.807, 2.05) is 7.05 Å². The lowest BCUT2D eigenvalue weighted by Gasteiger charge is -2.24. The Kier molecular flexibility index (Phi) is 5.11. The number of hydrogen-bond donors (Lipinski definition) is 2. The molecule has 0 radical (unpaired) electrons. The van der Waals surface area contributed by atoms with E-state index in [-0.39, 0.29) is 0 Å². The van der Waals surface area contributed by atoms with Gasteiger partial charge in [-0.25, -0.2) is 0 Å². The third-order valence-electron chi connectivity index (χ3n) is 3.75. The van der Waals surface area contributed by atoms with Crippen LogP contribution in [0.5, 0.6) is 0 Å². The van der Waals surface area contributed by atoms with Gasteiger partial charge in [0, 0.05) is 11.6 Å². The minimum absolute atomic E-state index is 0.313. The highest BCUT2D eigenvalue weighted by Gasteiger charge is 2.23. The van der Waals surface area contributed by atoms with Gasteiger partial charge in [-0.05, 0) is 29.4 Å². The van der Waals surface area contributed by atoms with E-state index in [0.717, 1.165) is 0 Å². The Morgan fingerprint density at radius 1 is 1.04 bits per heavy atom. The first-order valence-corrected chi connectivity index (χ1v) is 7.31. The molecule has 0 spiro atoms. The fourth-order valence-corrected chi connectivity index (χ4v) is 2.87. The molecule has 0 aliphatic heterocycles. The van der Waals surface area contributed by atoms with Crippen molar-refractivity contribution in [2.75, 3.05) is 21.1 Å². The average molecular weight is 326 g/mol. The maximum atomic E-state index is 9.75. The summed E-state index contributed by atoms with van der Waals surface area (Å²) in [6.07, 6.45) is 4.48. The molecule has 3 rings (SSSR count). The first kappa shape index (κ1) is 17.5. The molecule has 0 saturated heterocycles. The first-order valence-electron chi connectivity index (χ1n) is 7.31. The summed E-state index contributed by atoms with van der Waals surface area (Å²) in [5.41, 5.74) is 4.13. The Morgan fingerprint density at radius 2 is 1.70 bits per heavy atom. The normalized spacial score (nSPS) is 16.4. The van der Waals surface area contributed by atoms with Crippen LogP contribution in [-0.2, 0) is 0 Å². The van der Waals surface area contributed by atoms with Crippen LogP contribution < -0.4 is 10.2 Å². The summed E-state index contributed by atoms with van der Waals surface area (Å²) in [6.45, 7) is 0. The van der Waals surface area contributed by atoms with Gasteiger partial charge < -0.3 is 27.5 Å². The number of benzene rings is 2. The molecule has 2 aromatic rings. The number of halogens is 4.